The zero-order valence-electron chi connectivity index (χ0n) is 11.3. The molecule has 1 aliphatic rings. The molecular formula is C14H19N3O3. The summed E-state index contributed by atoms with van der Waals surface area (Å²) >= 11 is 0. The fourth-order valence-corrected chi connectivity index (χ4v) is 2.36. The molecule has 20 heavy (non-hydrogen) atoms. The Bertz CT molecular complexity index is 484. The molecule has 1 aromatic rings. The molecule has 108 valence electrons. The van der Waals surface area contributed by atoms with E-state index >= 15 is 0 Å². The molecule has 1 aromatic carbocycles. The zero-order chi connectivity index (χ0) is 14.4. The highest BCUT2D eigenvalue weighted by atomic mass is 16.6. The molecule has 1 unspecified atom stereocenters. The van der Waals surface area contributed by atoms with Gasteiger partial charge in [0.05, 0.1) is 4.92 Å². The molecular weight excluding hydrogens is 258 g/mol. The van der Waals surface area contributed by atoms with E-state index in [1.807, 2.05) is 6.07 Å². The second-order valence-electron chi connectivity index (χ2n) is 5.04. The molecule has 1 amide bonds. The van der Waals surface area contributed by atoms with Crippen LogP contribution in [0.15, 0.2) is 24.3 Å². The number of piperidine rings is 1. The zero-order valence-corrected chi connectivity index (χ0v) is 11.3. The second-order valence-corrected chi connectivity index (χ2v) is 5.04. The van der Waals surface area contributed by atoms with Gasteiger partial charge >= 0.3 is 0 Å². The number of nitrogens with one attached hydrogen (secondary N) is 2. The van der Waals surface area contributed by atoms with E-state index in [2.05, 4.69) is 10.6 Å². The summed E-state index contributed by atoms with van der Waals surface area (Å²) in [6.07, 6.45) is 2.97. The van der Waals surface area contributed by atoms with E-state index in [-0.39, 0.29) is 17.6 Å². The summed E-state index contributed by atoms with van der Waals surface area (Å²) in [5, 5.41) is 16.9. The average molecular weight is 277 g/mol. The van der Waals surface area contributed by atoms with Crippen molar-refractivity contribution in [1.29, 1.82) is 0 Å². The number of aryl methyl sites for hydroxylation is 1. The molecule has 6 nitrogen and oxygen atoms in total. The lowest BCUT2D eigenvalue weighted by molar-refractivity contribution is -0.384. The maximum absolute atomic E-state index is 11.8. The number of carbonyl (C=O) groups excluding carboxylic acids is 1. The van der Waals surface area contributed by atoms with Gasteiger partial charge in [-0.25, -0.2) is 0 Å². The van der Waals surface area contributed by atoms with Crippen LogP contribution in [0.4, 0.5) is 5.69 Å². The summed E-state index contributed by atoms with van der Waals surface area (Å²) in [5.41, 5.74) is 0.885. The number of hydrogen-bond donors (Lipinski definition) is 2. The number of amides is 1. The first kappa shape index (κ1) is 14.5. The van der Waals surface area contributed by atoms with Gasteiger partial charge in [-0.15, -0.1) is 0 Å². The van der Waals surface area contributed by atoms with Crippen molar-refractivity contribution >= 4 is 11.6 Å². The Morgan fingerprint density at radius 1 is 1.50 bits per heavy atom. The fourth-order valence-electron chi connectivity index (χ4n) is 2.36. The van der Waals surface area contributed by atoms with Crippen molar-refractivity contribution in [3.05, 3.63) is 39.9 Å². The van der Waals surface area contributed by atoms with Gasteiger partial charge in [-0.1, -0.05) is 12.1 Å². The van der Waals surface area contributed by atoms with Crippen LogP contribution < -0.4 is 10.6 Å². The molecule has 1 saturated heterocycles. The van der Waals surface area contributed by atoms with Crippen LogP contribution in [0.1, 0.15) is 24.8 Å². The monoisotopic (exact) mass is 277 g/mol. The van der Waals surface area contributed by atoms with Crippen molar-refractivity contribution < 1.29 is 9.72 Å². The molecule has 0 bridgehead atoms. The standard InChI is InChI=1S/C14H19N3O3/c18-14(16-12-4-2-8-15-10-12)7-6-11-3-1-5-13(9-11)17(19)20/h1,3,5,9,12,15H,2,4,6-8,10H2,(H,16,18). The van der Waals surface area contributed by atoms with E-state index in [0.29, 0.717) is 12.8 Å². The summed E-state index contributed by atoms with van der Waals surface area (Å²) < 4.78 is 0. The summed E-state index contributed by atoms with van der Waals surface area (Å²) in [7, 11) is 0. The Hall–Kier alpha value is -1.95. The van der Waals surface area contributed by atoms with E-state index in [1.165, 1.54) is 12.1 Å². The molecule has 0 aromatic heterocycles. The predicted molar refractivity (Wildman–Crippen MR) is 75.5 cm³/mol. The molecule has 1 atom stereocenters. The molecule has 0 spiro atoms. The topological polar surface area (TPSA) is 84.3 Å². The van der Waals surface area contributed by atoms with Gasteiger partial charge in [0.25, 0.3) is 5.69 Å². The quantitative estimate of drug-likeness (QED) is 0.629. The highest BCUT2D eigenvalue weighted by Crippen LogP contribution is 2.14. The average Bonchev–Trinajstić information content (AvgIpc) is 2.46. The maximum Gasteiger partial charge on any atom is 0.269 e. The van der Waals surface area contributed by atoms with E-state index < -0.39 is 4.92 Å². The van der Waals surface area contributed by atoms with E-state index in [9.17, 15) is 14.9 Å². The van der Waals surface area contributed by atoms with Crippen LogP contribution in [0.5, 0.6) is 0 Å². The highest BCUT2D eigenvalue weighted by Gasteiger charge is 2.15. The second kappa shape index (κ2) is 7.00. The number of non-ortho nitro benzene ring substituents is 1. The number of hydrogen-bond acceptors (Lipinski definition) is 4. The van der Waals surface area contributed by atoms with Gasteiger partial charge in [0.1, 0.15) is 0 Å². The van der Waals surface area contributed by atoms with Crippen LogP contribution in [0, 0.1) is 10.1 Å². The molecule has 1 heterocycles. The highest BCUT2D eigenvalue weighted by molar-refractivity contribution is 5.76. The molecule has 2 N–H and O–H groups in total. The van der Waals surface area contributed by atoms with Crippen molar-refractivity contribution in [3.63, 3.8) is 0 Å². The fraction of sp³-hybridized carbons (Fsp3) is 0.500. The molecule has 6 heteroatoms. The number of carbonyl (C=O) groups is 1. The van der Waals surface area contributed by atoms with Gasteiger partial charge in [0.15, 0.2) is 0 Å². The smallest absolute Gasteiger partial charge is 0.269 e. The van der Waals surface area contributed by atoms with Gasteiger partial charge in [0.2, 0.25) is 5.91 Å². The van der Waals surface area contributed by atoms with Gasteiger partial charge in [-0.3, -0.25) is 14.9 Å². The van der Waals surface area contributed by atoms with Gasteiger partial charge in [-0.05, 0) is 31.4 Å². The number of rotatable bonds is 5. The first-order chi connectivity index (χ1) is 9.65. The lowest BCUT2D eigenvalue weighted by Crippen LogP contribution is -2.45. The van der Waals surface area contributed by atoms with Crippen molar-refractivity contribution in [2.24, 2.45) is 0 Å². The number of nitro groups is 1. The van der Waals surface area contributed by atoms with Crippen molar-refractivity contribution in [1.82, 2.24) is 10.6 Å². The Balaban J connectivity index is 1.80. The minimum atomic E-state index is -0.419. The Labute approximate surface area is 117 Å². The van der Waals surface area contributed by atoms with Gasteiger partial charge < -0.3 is 10.6 Å². The van der Waals surface area contributed by atoms with Gasteiger partial charge in [-0.2, -0.15) is 0 Å². The summed E-state index contributed by atoms with van der Waals surface area (Å²) in [6.45, 7) is 1.84. The molecule has 1 fully saturated rings. The number of nitrogens with zero attached hydrogens (tertiary/aromatic N) is 1. The third kappa shape index (κ3) is 4.31. The normalized spacial score (nSPS) is 18.5. The van der Waals surface area contributed by atoms with Crippen LogP contribution >= 0.6 is 0 Å². The molecule has 2 rings (SSSR count). The van der Waals surface area contributed by atoms with Gasteiger partial charge in [0, 0.05) is 31.1 Å². The molecule has 1 aliphatic heterocycles. The minimum Gasteiger partial charge on any atom is -0.352 e. The van der Waals surface area contributed by atoms with E-state index in [1.54, 1.807) is 6.07 Å². The first-order valence-corrected chi connectivity index (χ1v) is 6.88. The Morgan fingerprint density at radius 3 is 3.05 bits per heavy atom. The summed E-state index contributed by atoms with van der Waals surface area (Å²) in [6, 6.07) is 6.65. The first-order valence-electron chi connectivity index (χ1n) is 6.88. The van der Waals surface area contributed by atoms with Crippen LogP contribution in [-0.4, -0.2) is 30.0 Å². The lowest BCUT2D eigenvalue weighted by Gasteiger charge is -2.23. The lowest BCUT2D eigenvalue weighted by atomic mass is 10.1. The van der Waals surface area contributed by atoms with Crippen molar-refractivity contribution in [2.75, 3.05) is 13.1 Å². The summed E-state index contributed by atoms with van der Waals surface area (Å²) in [5.74, 6) is 0.00482. The summed E-state index contributed by atoms with van der Waals surface area (Å²) in [4.78, 5) is 22.1. The number of benzene rings is 1. The Morgan fingerprint density at radius 2 is 2.35 bits per heavy atom. The van der Waals surface area contributed by atoms with E-state index in [0.717, 1.165) is 31.5 Å². The SMILES string of the molecule is O=C(CCc1cccc([N+](=O)[O-])c1)NC1CCCNC1. The largest absolute Gasteiger partial charge is 0.352 e. The van der Waals surface area contributed by atoms with Crippen LogP contribution in [0.25, 0.3) is 0 Å². The third-order valence-electron chi connectivity index (χ3n) is 3.42. The Kier molecular flexibility index (Phi) is 5.06. The molecule has 0 radical (unpaired) electrons. The third-order valence-corrected chi connectivity index (χ3v) is 3.42. The van der Waals surface area contributed by atoms with Crippen LogP contribution in [0.3, 0.4) is 0 Å². The van der Waals surface area contributed by atoms with Crippen molar-refractivity contribution in [2.45, 2.75) is 31.7 Å². The van der Waals surface area contributed by atoms with Crippen molar-refractivity contribution in [3.8, 4) is 0 Å². The predicted octanol–water partition coefficient (Wildman–Crippen LogP) is 1.40. The van der Waals surface area contributed by atoms with Crippen LogP contribution in [0.2, 0.25) is 0 Å². The minimum absolute atomic E-state index is 0.00482. The van der Waals surface area contributed by atoms with E-state index in [4.69, 9.17) is 0 Å². The van der Waals surface area contributed by atoms with Crippen LogP contribution in [-0.2, 0) is 11.2 Å². The maximum atomic E-state index is 11.8. The molecule has 0 aliphatic carbocycles. The molecule has 0 saturated carbocycles. The number of nitro benzene ring substituents is 1.